The summed E-state index contributed by atoms with van der Waals surface area (Å²) in [7, 11) is -2.25. The third-order valence-electron chi connectivity index (χ3n) is 4.32. The van der Waals surface area contributed by atoms with E-state index in [4.69, 9.17) is 4.74 Å². The maximum atomic E-state index is 12.9. The van der Waals surface area contributed by atoms with Gasteiger partial charge in [0.1, 0.15) is 5.75 Å². The lowest BCUT2D eigenvalue weighted by Crippen LogP contribution is -2.37. The highest BCUT2D eigenvalue weighted by atomic mass is 32.2. The Bertz CT molecular complexity index is 893. The number of aryl methyl sites for hydroxylation is 2. The van der Waals surface area contributed by atoms with Crippen molar-refractivity contribution in [1.82, 2.24) is 4.31 Å². The summed E-state index contributed by atoms with van der Waals surface area (Å²) in [5, 5.41) is 2.75. The third kappa shape index (κ3) is 5.08. The molecular weight excluding hydrogens is 364 g/mol. The zero-order chi connectivity index (χ0) is 20.0. The summed E-state index contributed by atoms with van der Waals surface area (Å²) in [4.78, 5) is 12.5. The smallest absolute Gasteiger partial charge is 0.243 e. The van der Waals surface area contributed by atoms with Crippen LogP contribution in [0.25, 0.3) is 0 Å². The molecule has 0 saturated carbocycles. The predicted octanol–water partition coefficient (Wildman–Crippen LogP) is 3.22. The maximum absolute atomic E-state index is 12.9. The molecule has 2 rings (SSSR count). The van der Waals surface area contributed by atoms with Gasteiger partial charge in [0.05, 0.1) is 18.6 Å². The van der Waals surface area contributed by atoms with Gasteiger partial charge in [0.2, 0.25) is 15.9 Å². The Morgan fingerprint density at radius 1 is 1.11 bits per heavy atom. The number of nitrogens with one attached hydrogen (secondary N) is 1. The predicted molar refractivity (Wildman–Crippen MR) is 107 cm³/mol. The molecule has 0 aliphatic rings. The number of methoxy groups -OCH3 is 1. The average molecular weight is 391 g/mol. The minimum atomic E-state index is -3.78. The summed E-state index contributed by atoms with van der Waals surface area (Å²) in [6.45, 7) is 5.48. The van der Waals surface area contributed by atoms with Gasteiger partial charge in [-0.2, -0.15) is 4.31 Å². The lowest BCUT2D eigenvalue weighted by Gasteiger charge is -2.20. The van der Waals surface area contributed by atoms with Gasteiger partial charge in [0, 0.05) is 12.2 Å². The fourth-order valence-electron chi connectivity index (χ4n) is 2.71. The fraction of sp³-hybridized carbons (Fsp3) is 0.350. The summed E-state index contributed by atoms with van der Waals surface area (Å²) in [5.41, 5.74) is 2.53. The van der Waals surface area contributed by atoms with E-state index in [1.165, 1.54) is 18.7 Å². The number of ether oxygens (including phenoxy) is 1. The Hall–Kier alpha value is -2.38. The third-order valence-corrected chi connectivity index (χ3v) is 6.24. The number of nitrogens with zero attached hydrogens (tertiary/aromatic N) is 1. The largest absolute Gasteiger partial charge is 0.496 e. The second-order valence-corrected chi connectivity index (χ2v) is 8.10. The zero-order valence-corrected chi connectivity index (χ0v) is 17.0. The van der Waals surface area contributed by atoms with Crippen LogP contribution in [-0.2, 0) is 21.2 Å². The van der Waals surface area contributed by atoms with Crippen LogP contribution in [-0.4, -0.2) is 38.8 Å². The summed E-state index contributed by atoms with van der Waals surface area (Å²) in [6.07, 6.45) is 0.914. The highest BCUT2D eigenvalue weighted by molar-refractivity contribution is 7.89. The summed E-state index contributed by atoms with van der Waals surface area (Å²) in [5.74, 6) is 0.236. The molecular formula is C20H26N2O4S. The van der Waals surface area contributed by atoms with Crippen LogP contribution in [0.3, 0.4) is 0 Å². The molecule has 146 valence electrons. The number of amides is 1. The number of sulfonamides is 1. The molecule has 0 unspecified atom stereocenters. The highest BCUT2D eigenvalue weighted by Gasteiger charge is 2.25. The molecule has 0 atom stereocenters. The van der Waals surface area contributed by atoms with Gasteiger partial charge in [-0.3, -0.25) is 4.79 Å². The molecule has 0 aliphatic carbocycles. The Morgan fingerprint density at radius 2 is 1.78 bits per heavy atom. The normalized spacial score (nSPS) is 11.4. The van der Waals surface area contributed by atoms with Gasteiger partial charge in [-0.15, -0.1) is 0 Å². The van der Waals surface area contributed by atoms with Crippen LogP contribution in [0.2, 0.25) is 0 Å². The van der Waals surface area contributed by atoms with E-state index in [0.717, 1.165) is 16.3 Å². The van der Waals surface area contributed by atoms with Crippen molar-refractivity contribution < 1.29 is 17.9 Å². The number of rotatable bonds is 8. The minimum absolute atomic E-state index is 0.141. The molecule has 7 heteroatoms. The van der Waals surface area contributed by atoms with Crippen molar-refractivity contribution in [2.24, 2.45) is 0 Å². The Labute approximate surface area is 161 Å². The first-order chi connectivity index (χ1) is 12.8. The number of carbonyl (C=O) groups excluding carboxylic acids is 1. The first kappa shape index (κ1) is 20.9. The summed E-state index contributed by atoms with van der Waals surface area (Å²) in [6, 6.07) is 12.2. The Morgan fingerprint density at radius 3 is 2.30 bits per heavy atom. The van der Waals surface area contributed by atoms with Gasteiger partial charge >= 0.3 is 0 Å². The Kier molecular flexibility index (Phi) is 6.98. The maximum Gasteiger partial charge on any atom is 0.243 e. The fourth-order valence-corrected chi connectivity index (χ4v) is 4.20. The summed E-state index contributed by atoms with van der Waals surface area (Å²) < 4.78 is 32.1. The molecule has 1 N–H and O–H groups in total. The molecule has 27 heavy (non-hydrogen) atoms. The van der Waals surface area contributed by atoms with Crippen molar-refractivity contribution in [2.45, 2.75) is 32.1 Å². The van der Waals surface area contributed by atoms with Gasteiger partial charge in [-0.05, 0) is 54.8 Å². The van der Waals surface area contributed by atoms with Crippen LogP contribution in [0.1, 0.15) is 25.0 Å². The molecule has 0 saturated heterocycles. The van der Waals surface area contributed by atoms with E-state index < -0.39 is 10.0 Å². The lowest BCUT2D eigenvalue weighted by atomic mass is 10.1. The number of hydrogen-bond acceptors (Lipinski definition) is 4. The van der Waals surface area contributed by atoms with Gasteiger partial charge in [0.25, 0.3) is 0 Å². The van der Waals surface area contributed by atoms with Crippen LogP contribution in [0.4, 0.5) is 5.69 Å². The number of hydrogen-bond donors (Lipinski definition) is 1. The van der Waals surface area contributed by atoms with Crippen LogP contribution in [0.15, 0.2) is 47.4 Å². The first-order valence-corrected chi connectivity index (χ1v) is 10.3. The van der Waals surface area contributed by atoms with Crippen molar-refractivity contribution in [2.75, 3.05) is 25.5 Å². The van der Waals surface area contributed by atoms with Gasteiger partial charge < -0.3 is 10.1 Å². The van der Waals surface area contributed by atoms with Crippen LogP contribution < -0.4 is 10.1 Å². The second-order valence-electron chi connectivity index (χ2n) is 6.16. The van der Waals surface area contributed by atoms with Crippen molar-refractivity contribution >= 4 is 21.6 Å². The van der Waals surface area contributed by atoms with E-state index in [-0.39, 0.29) is 23.9 Å². The number of benzene rings is 2. The van der Waals surface area contributed by atoms with E-state index >= 15 is 0 Å². The van der Waals surface area contributed by atoms with Crippen LogP contribution in [0, 0.1) is 6.92 Å². The highest BCUT2D eigenvalue weighted by Crippen LogP contribution is 2.23. The van der Waals surface area contributed by atoms with Crippen LogP contribution >= 0.6 is 0 Å². The Balaban J connectivity index is 2.14. The molecule has 0 heterocycles. The molecule has 0 fully saturated rings. The number of anilines is 1. The molecule has 2 aromatic rings. The summed E-state index contributed by atoms with van der Waals surface area (Å²) >= 11 is 0. The van der Waals surface area contributed by atoms with Crippen molar-refractivity contribution in [3.8, 4) is 5.75 Å². The lowest BCUT2D eigenvalue weighted by molar-refractivity contribution is -0.116. The second kappa shape index (κ2) is 9.01. The molecule has 6 nitrogen and oxygen atoms in total. The van der Waals surface area contributed by atoms with Crippen LogP contribution in [0.5, 0.6) is 5.75 Å². The molecule has 1 amide bonds. The van der Waals surface area contributed by atoms with Gasteiger partial charge in [-0.1, -0.05) is 26.0 Å². The topological polar surface area (TPSA) is 75.7 Å². The molecule has 0 radical (unpaired) electrons. The van der Waals surface area contributed by atoms with E-state index in [1.54, 1.807) is 26.0 Å². The monoisotopic (exact) mass is 390 g/mol. The van der Waals surface area contributed by atoms with Crippen molar-refractivity contribution in [3.63, 3.8) is 0 Å². The molecule has 0 aromatic heterocycles. The standard InChI is InChI=1S/C20H26N2O4S/c1-5-16-7-9-17(10-8-16)21-20(23)14-22(6-2)27(24,25)18-11-12-19(26-4)15(3)13-18/h7-13H,5-6,14H2,1-4H3,(H,21,23). The van der Waals surface area contributed by atoms with Crippen molar-refractivity contribution in [1.29, 1.82) is 0 Å². The SMILES string of the molecule is CCc1ccc(NC(=O)CN(CC)S(=O)(=O)c2ccc(OC)c(C)c2)cc1. The molecule has 0 aliphatic heterocycles. The van der Waals surface area contributed by atoms with E-state index in [9.17, 15) is 13.2 Å². The number of likely N-dealkylation sites (N-methyl/N-ethyl adjacent to an activating group) is 1. The van der Waals surface area contributed by atoms with Gasteiger partial charge in [-0.25, -0.2) is 8.42 Å². The van der Waals surface area contributed by atoms with E-state index in [2.05, 4.69) is 12.2 Å². The van der Waals surface area contributed by atoms with Crippen molar-refractivity contribution in [3.05, 3.63) is 53.6 Å². The molecule has 2 aromatic carbocycles. The minimum Gasteiger partial charge on any atom is -0.496 e. The quantitative estimate of drug-likeness (QED) is 0.751. The zero-order valence-electron chi connectivity index (χ0n) is 16.2. The first-order valence-electron chi connectivity index (χ1n) is 8.85. The number of carbonyl (C=O) groups is 1. The van der Waals surface area contributed by atoms with Gasteiger partial charge in [0.15, 0.2) is 0 Å². The average Bonchev–Trinajstić information content (AvgIpc) is 2.66. The van der Waals surface area contributed by atoms with E-state index in [1.807, 2.05) is 24.3 Å². The molecule has 0 spiro atoms. The van der Waals surface area contributed by atoms with E-state index in [0.29, 0.717) is 11.4 Å². The molecule has 0 bridgehead atoms.